The second kappa shape index (κ2) is 7.33. The van der Waals surface area contributed by atoms with Crippen LogP contribution in [0, 0.1) is 5.82 Å². The number of hydrogen-bond donors (Lipinski definition) is 0. The number of amides is 2. The molecule has 1 fully saturated rings. The van der Waals surface area contributed by atoms with Gasteiger partial charge in [0, 0.05) is 10.0 Å². The molecule has 0 spiro atoms. The van der Waals surface area contributed by atoms with Gasteiger partial charge in [0.15, 0.2) is 5.78 Å². The van der Waals surface area contributed by atoms with Crippen molar-refractivity contribution in [3.63, 3.8) is 0 Å². The van der Waals surface area contributed by atoms with Crippen LogP contribution in [0.1, 0.15) is 15.9 Å². The van der Waals surface area contributed by atoms with Crippen LogP contribution < -0.4 is 0 Å². The lowest BCUT2D eigenvalue weighted by Gasteiger charge is -2.11. The Balaban J connectivity index is 1.77. The first-order valence-electron chi connectivity index (χ1n) is 7.24. The molecule has 1 aliphatic rings. The Bertz CT molecular complexity index is 895. The number of halogens is 2. The van der Waals surface area contributed by atoms with Gasteiger partial charge >= 0.3 is 0 Å². The molecule has 1 saturated heterocycles. The average Bonchev–Trinajstić information content (AvgIpc) is 2.83. The minimum Gasteiger partial charge on any atom is -0.292 e. The van der Waals surface area contributed by atoms with Crippen molar-refractivity contribution in [3.8, 4) is 0 Å². The van der Waals surface area contributed by atoms with E-state index in [1.807, 2.05) is 0 Å². The predicted octanol–water partition coefficient (Wildman–Crippen LogP) is 4.51. The molecule has 0 radical (unpaired) electrons. The Morgan fingerprint density at radius 1 is 1.16 bits per heavy atom. The smallest absolute Gasteiger partial charge is 0.292 e. The molecule has 25 heavy (non-hydrogen) atoms. The lowest BCUT2D eigenvalue weighted by molar-refractivity contribution is -0.122. The second-order valence-corrected chi connectivity index (χ2v) is 7.16. The fraction of sp³-hybridized carbons (Fsp3) is 0.0556. The van der Waals surface area contributed by atoms with E-state index in [4.69, 9.17) is 0 Å². The number of carbonyl (C=O) groups is 3. The van der Waals surface area contributed by atoms with Gasteiger partial charge in [0.25, 0.3) is 11.1 Å². The van der Waals surface area contributed by atoms with Crippen LogP contribution in [0.3, 0.4) is 0 Å². The SMILES string of the molecule is O=C(CN1C(=O)S/C(=C/c2cccc(F)c2)C1=O)c1ccc(Br)cc1. The van der Waals surface area contributed by atoms with E-state index >= 15 is 0 Å². The summed E-state index contributed by atoms with van der Waals surface area (Å²) in [7, 11) is 0. The molecule has 2 aromatic rings. The van der Waals surface area contributed by atoms with Crippen molar-refractivity contribution in [1.29, 1.82) is 0 Å². The largest absolute Gasteiger partial charge is 0.293 e. The normalized spacial score (nSPS) is 15.9. The number of hydrogen-bond acceptors (Lipinski definition) is 4. The third-order valence-electron chi connectivity index (χ3n) is 3.49. The lowest BCUT2D eigenvalue weighted by atomic mass is 10.1. The number of thioether (sulfide) groups is 1. The summed E-state index contributed by atoms with van der Waals surface area (Å²) in [4.78, 5) is 37.8. The van der Waals surface area contributed by atoms with Crippen LogP contribution in [0.5, 0.6) is 0 Å². The highest BCUT2D eigenvalue weighted by Gasteiger charge is 2.36. The van der Waals surface area contributed by atoms with E-state index in [-0.39, 0.29) is 17.2 Å². The van der Waals surface area contributed by atoms with Gasteiger partial charge in [-0.25, -0.2) is 4.39 Å². The number of imide groups is 1. The molecular weight excluding hydrogens is 409 g/mol. The Kier molecular flexibility index (Phi) is 5.15. The summed E-state index contributed by atoms with van der Waals surface area (Å²) in [6, 6.07) is 12.4. The molecule has 0 bridgehead atoms. The van der Waals surface area contributed by atoms with Gasteiger partial charge in [0.05, 0.1) is 11.4 Å². The maximum Gasteiger partial charge on any atom is 0.293 e. The number of ketones is 1. The molecule has 2 aromatic carbocycles. The Hall–Kier alpha value is -2.25. The first kappa shape index (κ1) is 17.6. The molecule has 0 atom stereocenters. The highest BCUT2D eigenvalue weighted by Crippen LogP contribution is 2.32. The zero-order valence-electron chi connectivity index (χ0n) is 12.7. The molecule has 0 unspecified atom stereocenters. The fourth-order valence-electron chi connectivity index (χ4n) is 2.25. The van der Waals surface area contributed by atoms with Crippen LogP contribution in [0.4, 0.5) is 9.18 Å². The van der Waals surface area contributed by atoms with Gasteiger partial charge in [-0.15, -0.1) is 0 Å². The van der Waals surface area contributed by atoms with Crippen molar-refractivity contribution in [1.82, 2.24) is 4.90 Å². The molecule has 3 rings (SSSR count). The minimum atomic E-state index is -0.551. The van der Waals surface area contributed by atoms with E-state index in [1.165, 1.54) is 24.3 Å². The van der Waals surface area contributed by atoms with E-state index in [9.17, 15) is 18.8 Å². The zero-order valence-corrected chi connectivity index (χ0v) is 15.1. The highest BCUT2D eigenvalue weighted by molar-refractivity contribution is 9.10. The molecule has 0 aliphatic carbocycles. The summed E-state index contributed by atoms with van der Waals surface area (Å²) in [5.41, 5.74) is 0.890. The number of rotatable bonds is 4. The van der Waals surface area contributed by atoms with Crippen LogP contribution in [0.25, 0.3) is 6.08 Å². The molecule has 0 aromatic heterocycles. The maximum absolute atomic E-state index is 13.2. The monoisotopic (exact) mass is 419 g/mol. The van der Waals surface area contributed by atoms with Gasteiger partial charge in [-0.3, -0.25) is 19.3 Å². The van der Waals surface area contributed by atoms with Crippen molar-refractivity contribution in [2.75, 3.05) is 6.54 Å². The van der Waals surface area contributed by atoms with E-state index in [0.717, 1.165) is 21.1 Å². The predicted molar refractivity (Wildman–Crippen MR) is 97.5 cm³/mol. The van der Waals surface area contributed by atoms with Crippen molar-refractivity contribution >= 4 is 50.7 Å². The first-order valence-corrected chi connectivity index (χ1v) is 8.85. The number of carbonyl (C=O) groups excluding carboxylic acids is 3. The minimum absolute atomic E-state index is 0.166. The van der Waals surface area contributed by atoms with Gasteiger partial charge in [-0.05, 0) is 47.7 Å². The summed E-state index contributed by atoms with van der Waals surface area (Å²) in [6.07, 6.45) is 1.44. The van der Waals surface area contributed by atoms with Gasteiger partial charge in [0.1, 0.15) is 5.82 Å². The quantitative estimate of drug-likeness (QED) is 0.540. The van der Waals surface area contributed by atoms with Crippen LogP contribution >= 0.6 is 27.7 Å². The van der Waals surface area contributed by atoms with Crippen molar-refractivity contribution in [2.45, 2.75) is 0 Å². The van der Waals surface area contributed by atoms with Crippen LogP contribution in [-0.2, 0) is 4.79 Å². The van der Waals surface area contributed by atoms with Gasteiger partial charge < -0.3 is 0 Å². The summed E-state index contributed by atoms with van der Waals surface area (Å²) >= 11 is 4.02. The third-order valence-corrected chi connectivity index (χ3v) is 4.92. The van der Waals surface area contributed by atoms with Gasteiger partial charge in [0.2, 0.25) is 0 Å². The lowest BCUT2D eigenvalue weighted by Crippen LogP contribution is -2.33. The molecular formula is C18H11BrFNO3S. The molecule has 4 nitrogen and oxygen atoms in total. The molecule has 0 saturated carbocycles. The first-order chi connectivity index (χ1) is 11.9. The molecule has 126 valence electrons. The summed E-state index contributed by atoms with van der Waals surface area (Å²) in [5, 5.41) is -0.516. The molecule has 1 heterocycles. The highest BCUT2D eigenvalue weighted by atomic mass is 79.9. The topological polar surface area (TPSA) is 54.5 Å². The molecule has 1 aliphatic heterocycles. The summed E-state index contributed by atoms with van der Waals surface area (Å²) in [5.74, 6) is -1.31. The van der Waals surface area contributed by atoms with Crippen LogP contribution in [-0.4, -0.2) is 28.4 Å². The molecule has 0 N–H and O–H groups in total. The van der Waals surface area contributed by atoms with Crippen molar-refractivity contribution in [2.24, 2.45) is 0 Å². The Morgan fingerprint density at radius 2 is 1.88 bits per heavy atom. The van der Waals surface area contributed by atoms with Gasteiger partial charge in [-0.2, -0.15) is 0 Å². The van der Waals surface area contributed by atoms with Crippen LogP contribution in [0.15, 0.2) is 57.9 Å². The summed E-state index contributed by atoms with van der Waals surface area (Å²) < 4.78 is 14.1. The van der Waals surface area contributed by atoms with E-state index in [1.54, 1.807) is 30.3 Å². The van der Waals surface area contributed by atoms with Crippen molar-refractivity contribution in [3.05, 3.63) is 74.9 Å². The third kappa shape index (κ3) is 4.05. The fourth-order valence-corrected chi connectivity index (χ4v) is 3.36. The number of nitrogens with zero attached hydrogens (tertiary/aromatic N) is 1. The van der Waals surface area contributed by atoms with E-state index < -0.39 is 17.0 Å². The van der Waals surface area contributed by atoms with E-state index in [2.05, 4.69) is 15.9 Å². The van der Waals surface area contributed by atoms with Crippen LogP contribution in [0.2, 0.25) is 0 Å². The number of Topliss-reactive ketones (excluding diaryl/α,β-unsaturated/α-hetero) is 1. The second-order valence-electron chi connectivity index (χ2n) is 5.25. The Morgan fingerprint density at radius 3 is 2.56 bits per heavy atom. The zero-order chi connectivity index (χ0) is 18.0. The standard InChI is InChI=1S/C18H11BrFNO3S/c19-13-6-4-12(5-7-13)15(22)10-21-17(23)16(25-18(21)24)9-11-2-1-3-14(20)8-11/h1-9H,10H2/b16-9+. The summed E-state index contributed by atoms with van der Waals surface area (Å²) in [6.45, 7) is -0.327. The van der Waals surface area contributed by atoms with Gasteiger partial charge in [-0.1, -0.05) is 40.2 Å². The van der Waals surface area contributed by atoms with Crippen molar-refractivity contribution < 1.29 is 18.8 Å². The van der Waals surface area contributed by atoms with E-state index in [0.29, 0.717) is 11.1 Å². The molecule has 7 heteroatoms. The Labute approximate surface area is 155 Å². The maximum atomic E-state index is 13.2. The number of benzene rings is 2. The molecule has 2 amide bonds. The average molecular weight is 420 g/mol.